The van der Waals surface area contributed by atoms with Crippen LogP contribution in [0, 0.1) is 5.41 Å². The molecule has 7 heteroatoms. The standard InChI is InChI=1S/C12H21N3O4/c1-12(2,3)9(10(17)18)13-11(19)15-6-5-14(4)8(16)7-15/h9H,5-7H2,1-4H3,(H,13,19)(H,17,18). The normalized spacial score (nSPS) is 18.2. The van der Waals surface area contributed by atoms with Gasteiger partial charge in [-0.1, -0.05) is 20.8 Å². The van der Waals surface area contributed by atoms with Crippen molar-refractivity contribution in [1.82, 2.24) is 15.1 Å². The molecule has 1 heterocycles. The van der Waals surface area contributed by atoms with E-state index in [1.54, 1.807) is 32.7 Å². The van der Waals surface area contributed by atoms with Crippen molar-refractivity contribution < 1.29 is 19.5 Å². The highest BCUT2D eigenvalue weighted by Crippen LogP contribution is 2.19. The fraction of sp³-hybridized carbons (Fsp3) is 0.750. The van der Waals surface area contributed by atoms with Crippen LogP contribution in [-0.2, 0) is 9.59 Å². The predicted octanol–water partition coefficient (Wildman–Crippen LogP) is -0.0307. The molecule has 0 bridgehead atoms. The summed E-state index contributed by atoms with van der Waals surface area (Å²) in [6, 6.07) is -1.50. The van der Waals surface area contributed by atoms with Crippen LogP contribution in [0.25, 0.3) is 0 Å². The number of urea groups is 1. The molecule has 1 aliphatic rings. The lowest BCUT2D eigenvalue weighted by molar-refractivity contribution is -0.142. The van der Waals surface area contributed by atoms with E-state index in [-0.39, 0.29) is 12.5 Å². The van der Waals surface area contributed by atoms with Crippen LogP contribution in [0.2, 0.25) is 0 Å². The summed E-state index contributed by atoms with van der Waals surface area (Å²) in [5.74, 6) is -1.23. The molecule has 0 aromatic carbocycles. The number of hydrogen-bond acceptors (Lipinski definition) is 3. The highest BCUT2D eigenvalue weighted by Gasteiger charge is 2.35. The van der Waals surface area contributed by atoms with E-state index < -0.39 is 23.5 Å². The van der Waals surface area contributed by atoms with Crippen molar-refractivity contribution in [3.63, 3.8) is 0 Å². The number of piperazine rings is 1. The number of aliphatic carboxylic acids is 1. The molecule has 2 N–H and O–H groups in total. The van der Waals surface area contributed by atoms with E-state index in [9.17, 15) is 14.4 Å². The Morgan fingerprint density at radius 2 is 1.89 bits per heavy atom. The number of rotatable bonds is 2. The summed E-state index contributed by atoms with van der Waals surface area (Å²) < 4.78 is 0. The Morgan fingerprint density at radius 3 is 2.32 bits per heavy atom. The molecule has 7 nitrogen and oxygen atoms in total. The van der Waals surface area contributed by atoms with E-state index in [0.717, 1.165) is 0 Å². The third-order valence-electron chi connectivity index (χ3n) is 3.13. The molecule has 0 aliphatic carbocycles. The molecule has 0 aromatic rings. The van der Waals surface area contributed by atoms with Gasteiger partial charge in [0, 0.05) is 20.1 Å². The van der Waals surface area contributed by atoms with Crippen LogP contribution in [0.5, 0.6) is 0 Å². The second-order valence-corrected chi connectivity index (χ2v) is 5.82. The van der Waals surface area contributed by atoms with Crippen LogP contribution in [0.4, 0.5) is 4.79 Å². The van der Waals surface area contributed by atoms with E-state index >= 15 is 0 Å². The minimum absolute atomic E-state index is 0.0151. The maximum atomic E-state index is 12.0. The summed E-state index contributed by atoms with van der Waals surface area (Å²) in [6.07, 6.45) is 0. The Kier molecular flexibility index (Phi) is 4.39. The molecular weight excluding hydrogens is 250 g/mol. The SMILES string of the molecule is CN1CCN(C(=O)NC(C(=O)O)C(C)(C)C)CC1=O. The van der Waals surface area contributed by atoms with E-state index in [1.807, 2.05) is 0 Å². The summed E-state index contributed by atoms with van der Waals surface area (Å²) in [7, 11) is 1.67. The molecule has 1 saturated heterocycles. The van der Waals surface area contributed by atoms with Gasteiger partial charge in [-0.25, -0.2) is 9.59 Å². The monoisotopic (exact) mass is 271 g/mol. The number of carbonyl (C=O) groups is 3. The molecule has 0 aromatic heterocycles. The molecule has 1 unspecified atom stereocenters. The Labute approximate surface area is 112 Å². The Balaban J connectivity index is 2.68. The minimum Gasteiger partial charge on any atom is -0.480 e. The number of nitrogens with zero attached hydrogens (tertiary/aromatic N) is 2. The number of amides is 3. The van der Waals surface area contributed by atoms with Gasteiger partial charge in [-0.15, -0.1) is 0 Å². The largest absolute Gasteiger partial charge is 0.480 e. The van der Waals surface area contributed by atoms with Gasteiger partial charge in [0.15, 0.2) is 0 Å². The fourth-order valence-electron chi connectivity index (χ4n) is 1.80. The van der Waals surface area contributed by atoms with Crippen LogP contribution in [0.15, 0.2) is 0 Å². The van der Waals surface area contributed by atoms with Gasteiger partial charge in [0.05, 0.1) is 0 Å². The number of nitrogens with one attached hydrogen (secondary N) is 1. The first kappa shape index (κ1) is 15.3. The molecule has 108 valence electrons. The Morgan fingerprint density at radius 1 is 1.32 bits per heavy atom. The average molecular weight is 271 g/mol. The highest BCUT2D eigenvalue weighted by molar-refractivity contribution is 5.87. The summed E-state index contributed by atoms with van der Waals surface area (Å²) in [6.45, 7) is 6.06. The van der Waals surface area contributed by atoms with Gasteiger partial charge in [0.2, 0.25) is 5.91 Å². The molecule has 1 atom stereocenters. The van der Waals surface area contributed by atoms with Gasteiger partial charge in [0.1, 0.15) is 12.6 Å². The second kappa shape index (κ2) is 5.46. The van der Waals surface area contributed by atoms with Crippen molar-refractivity contribution >= 4 is 17.9 Å². The predicted molar refractivity (Wildman–Crippen MR) is 68.6 cm³/mol. The second-order valence-electron chi connectivity index (χ2n) is 5.82. The molecule has 0 spiro atoms. The third-order valence-corrected chi connectivity index (χ3v) is 3.13. The van der Waals surface area contributed by atoms with E-state index in [4.69, 9.17) is 5.11 Å². The van der Waals surface area contributed by atoms with Crippen LogP contribution in [-0.4, -0.2) is 65.5 Å². The number of carboxylic acid groups (broad SMARTS) is 1. The molecule has 19 heavy (non-hydrogen) atoms. The number of hydrogen-bond donors (Lipinski definition) is 2. The van der Waals surface area contributed by atoms with Gasteiger partial charge in [-0.05, 0) is 5.41 Å². The van der Waals surface area contributed by atoms with Crippen LogP contribution < -0.4 is 5.32 Å². The summed E-state index contributed by atoms with van der Waals surface area (Å²) >= 11 is 0. The Bertz CT molecular complexity index is 389. The van der Waals surface area contributed by atoms with Crippen molar-refractivity contribution in [2.75, 3.05) is 26.7 Å². The van der Waals surface area contributed by atoms with Gasteiger partial charge >= 0.3 is 12.0 Å². The smallest absolute Gasteiger partial charge is 0.326 e. The molecule has 0 radical (unpaired) electrons. The lowest BCUT2D eigenvalue weighted by Crippen LogP contribution is -2.58. The van der Waals surface area contributed by atoms with E-state index in [2.05, 4.69) is 5.32 Å². The first-order valence-electron chi connectivity index (χ1n) is 6.15. The summed E-state index contributed by atoms with van der Waals surface area (Å²) in [5.41, 5.74) is -0.599. The number of carboxylic acids is 1. The maximum absolute atomic E-state index is 12.0. The van der Waals surface area contributed by atoms with Gasteiger partial charge < -0.3 is 20.2 Å². The maximum Gasteiger partial charge on any atom is 0.326 e. The van der Waals surface area contributed by atoms with Gasteiger partial charge in [0.25, 0.3) is 0 Å². The lowest BCUT2D eigenvalue weighted by Gasteiger charge is -2.34. The van der Waals surface area contributed by atoms with Crippen LogP contribution in [0.3, 0.4) is 0 Å². The van der Waals surface area contributed by atoms with Gasteiger partial charge in [-0.3, -0.25) is 4.79 Å². The molecule has 1 rings (SSSR count). The van der Waals surface area contributed by atoms with Gasteiger partial charge in [-0.2, -0.15) is 0 Å². The molecule has 0 saturated carbocycles. The van der Waals surface area contributed by atoms with Crippen molar-refractivity contribution in [3.8, 4) is 0 Å². The lowest BCUT2D eigenvalue weighted by atomic mass is 9.87. The number of carbonyl (C=O) groups excluding carboxylic acids is 2. The topological polar surface area (TPSA) is 89.9 Å². The summed E-state index contributed by atoms with van der Waals surface area (Å²) in [5, 5.41) is 11.6. The Hall–Kier alpha value is -1.79. The zero-order valence-corrected chi connectivity index (χ0v) is 11.8. The average Bonchev–Trinajstić information content (AvgIpc) is 2.27. The first-order chi connectivity index (χ1) is 8.62. The molecule has 3 amide bonds. The zero-order chi connectivity index (χ0) is 14.8. The first-order valence-corrected chi connectivity index (χ1v) is 6.15. The summed E-state index contributed by atoms with van der Waals surface area (Å²) in [4.78, 5) is 37.6. The highest BCUT2D eigenvalue weighted by atomic mass is 16.4. The fourth-order valence-corrected chi connectivity index (χ4v) is 1.80. The molecule has 1 aliphatic heterocycles. The van der Waals surface area contributed by atoms with Crippen LogP contribution >= 0.6 is 0 Å². The van der Waals surface area contributed by atoms with Crippen molar-refractivity contribution in [2.45, 2.75) is 26.8 Å². The third kappa shape index (κ3) is 3.84. The van der Waals surface area contributed by atoms with E-state index in [0.29, 0.717) is 13.1 Å². The number of likely N-dealkylation sites (N-methyl/N-ethyl adjacent to an activating group) is 1. The molecular formula is C12H21N3O4. The van der Waals surface area contributed by atoms with Crippen molar-refractivity contribution in [3.05, 3.63) is 0 Å². The van der Waals surface area contributed by atoms with Crippen molar-refractivity contribution in [1.29, 1.82) is 0 Å². The van der Waals surface area contributed by atoms with E-state index in [1.165, 1.54) is 4.90 Å². The quantitative estimate of drug-likeness (QED) is 0.738. The van der Waals surface area contributed by atoms with Crippen molar-refractivity contribution in [2.24, 2.45) is 5.41 Å². The minimum atomic E-state index is -1.08. The molecule has 1 fully saturated rings. The zero-order valence-electron chi connectivity index (χ0n) is 11.8. The van der Waals surface area contributed by atoms with Crippen LogP contribution in [0.1, 0.15) is 20.8 Å².